The highest BCUT2D eigenvalue weighted by molar-refractivity contribution is 5.83. The van der Waals surface area contributed by atoms with Crippen molar-refractivity contribution in [3.63, 3.8) is 0 Å². The van der Waals surface area contributed by atoms with Crippen molar-refractivity contribution >= 4 is 0 Å². The van der Waals surface area contributed by atoms with Crippen LogP contribution in [0.1, 0.15) is 25.0 Å². The minimum atomic E-state index is -0.133. The third-order valence-electron chi connectivity index (χ3n) is 10.4. The van der Waals surface area contributed by atoms with E-state index in [0.29, 0.717) is 40.5 Å². The molecule has 252 valence electrons. The van der Waals surface area contributed by atoms with Crippen LogP contribution in [-0.4, -0.2) is 15.0 Å². The second-order valence-electron chi connectivity index (χ2n) is 14.1. The minimum Gasteiger partial charge on any atom is -0.450 e. The quantitative estimate of drug-likeness (QED) is 0.181. The standard InChI is InChI=1S/C48H33N3O2/c1-48(2)39-16-10-9-15-37(39)38-28-43-44(29-40(38)48)52-41-26-25-36(27-42(41)53-43)47-50-45(34-21-17-32(18-22-34)30-11-5-3-6-12-30)49-46(51-47)35-23-19-33(20-24-35)31-13-7-4-8-14-31/h3-29H,1-2H3. The Morgan fingerprint density at radius 3 is 1.38 bits per heavy atom. The zero-order valence-corrected chi connectivity index (χ0v) is 29.2. The van der Waals surface area contributed by atoms with Crippen molar-refractivity contribution in [2.75, 3.05) is 0 Å². The van der Waals surface area contributed by atoms with Crippen LogP contribution in [0, 0.1) is 0 Å². The number of benzene rings is 7. The van der Waals surface area contributed by atoms with E-state index in [9.17, 15) is 0 Å². The predicted octanol–water partition coefficient (Wildman–Crippen LogP) is 12.4. The molecule has 0 saturated carbocycles. The van der Waals surface area contributed by atoms with Crippen molar-refractivity contribution in [1.82, 2.24) is 15.0 Å². The highest BCUT2D eigenvalue weighted by Crippen LogP contribution is 2.55. The maximum Gasteiger partial charge on any atom is 0.170 e. The fraction of sp³-hybridized carbons (Fsp3) is 0.0625. The van der Waals surface area contributed by atoms with Crippen LogP contribution in [0.4, 0.5) is 0 Å². The second kappa shape index (κ2) is 12.1. The summed E-state index contributed by atoms with van der Waals surface area (Å²) in [4.78, 5) is 15.1. The molecule has 1 aliphatic carbocycles. The van der Waals surface area contributed by atoms with E-state index in [1.807, 2.05) is 30.3 Å². The lowest BCUT2D eigenvalue weighted by Crippen LogP contribution is -2.15. The average Bonchev–Trinajstić information content (AvgIpc) is 3.44. The second-order valence-corrected chi connectivity index (χ2v) is 14.1. The lowest BCUT2D eigenvalue weighted by atomic mass is 9.82. The molecule has 1 aromatic heterocycles. The SMILES string of the molecule is CC1(C)c2ccccc2-c2cc3c(cc21)Oc1ccc(-c2nc(-c4ccc(-c5ccccc5)cc4)nc(-c4ccc(-c5ccccc5)cc4)n2)cc1O3. The van der Waals surface area contributed by atoms with Crippen LogP contribution in [0.3, 0.4) is 0 Å². The number of rotatable bonds is 5. The molecule has 2 heterocycles. The van der Waals surface area contributed by atoms with Gasteiger partial charge in [-0.1, -0.05) is 147 Å². The fourth-order valence-corrected chi connectivity index (χ4v) is 7.56. The molecule has 0 saturated heterocycles. The highest BCUT2D eigenvalue weighted by atomic mass is 16.6. The molecule has 0 fully saturated rings. The van der Waals surface area contributed by atoms with Gasteiger partial charge in [-0.3, -0.25) is 0 Å². The van der Waals surface area contributed by atoms with Crippen LogP contribution >= 0.6 is 0 Å². The maximum atomic E-state index is 6.59. The molecule has 53 heavy (non-hydrogen) atoms. The summed E-state index contributed by atoms with van der Waals surface area (Å²) in [6, 6.07) is 56.2. The van der Waals surface area contributed by atoms with Crippen LogP contribution in [0.15, 0.2) is 164 Å². The normalized spacial score (nSPS) is 13.2. The lowest BCUT2D eigenvalue weighted by Gasteiger charge is -2.25. The van der Waals surface area contributed by atoms with Gasteiger partial charge in [0.25, 0.3) is 0 Å². The Morgan fingerprint density at radius 2 is 0.774 bits per heavy atom. The van der Waals surface area contributed by atoms with Crippen LogP contribution in [-0.2, 0) is 5.41 Å². The van der Waals surface area contributed by atoms with Gasteiger partial charge in [0.15, 0.2) is 40.5 Å². The molecule has 0 bridgehead atoms. The molecule has 7 aromatic carbocycles. The molecule has 5 heteroatoms. The Morgan fingerprint density at radius 1 is 0.340 bits per heavy atom. The van der Waals surface area contributed by atoms with Gasteiger partial charge in [-0.2, -0.15) is 0 Å². The Bertz CT molecular complexity index is 2570. The predicted molar refractivity (Wildman–Crippen MR) is 211 cm³/mol. The Hall–Kier alpha value is -6.85. The number of fused-ring (bicyclic) bond motifs is 5. The van der Waals surface area contributed by atoms with Gasteiger partial charge >= 0.3 is 0 Å². The molecule has 0 N–H and O–H groups in total. The summed E-state index contributed by atoms with van der Waals surface area (Å²) in [5.41, 5.74) is 12.0. The van der Waals surface area contributed by atoms with Gasteiger partial charge < -0.3 is 9.47 Å². The molecular formula is C48H33N3O2. The minimum absolute atomic E-state index is 0.133. The molecule has 2 aliphatic rings. The molecule has 1 aliphatic heterocycles. The molecular weight excluding hydrogens is 651 g/mol. The largest absolute Gasteiger partial charge is 0.450 e. The van der Waals surface area contributed by atoms with Crippen LogP contribution in [0.5, 0.6) is 23.0 Å². The Balaban J connectivity index is 1.04. The molecule has 5 nitrogen and oxygen atoms in total. The molecule has 0 atom stereocenters. The average molecular weight is 684 g/mol. The third kappa shape index (κ3) is 5.37. The van der Waals surface area contributed by atoms with Gasteiger partial charge in [0.2, 0.25) is 0 Å². The molecule has 8 aromatic rings. The summed E-state index contributed by atoms with van der Waals surface area (Å²) in [5.74, 6) is 4.40. The maximum absolute atomic E-state index is 6.59. The zero-order chi connectivity index (χ0) is 35.5. The summed E-state index contributed by atoms with van der Waals surface area (Å²) in [7, 11) is 0. The van der Waals surface area contributed by atoms with E-state index in [0.717, 1.165) is 38.9 Å². The van der Waals surface area contributed by atoms with E-state index < -0.39 is 0 Å². The van der Waals surface area contributed by atoms with Gasteiger partial charge in [0.05, 0.1) is 0 Å². The number of hydrogen-bond donors (Lipinski definition) is 0. The van der Waals surface area contributed by atoms with Crippen molar-refractivity contribution in [1.29, 1.82) is 0 Å². The van der Waals surface area contributed by atoms with E-state index in [1.165, 1.54) is 22.3 Å². The molecule has 0 spiro atoms. The molecule has 10 rings (SSSR count). The van der Waals surface area contributed by atoms with E-state index in [-0.39, 0.29) is 5.41 Å². The first-order valence-corrected chi connectivity index (χ1v) is 17.8. The number of hydrogen-bond acceptors (Lipinski definition) is 5. The van der Waals surface area contributed by atoms with Crippen molar-refractivity contribution < 1.29 is 9.47 Å². The summed E-state index contributed by atoms with van der Waals surface area (Å²) >= 11 is 0. The summed E-state index contributed by atoms with van der Waals surface area (Å²) < 4.78 is 13.1. The van der Waals surface area contributed by atoms with Crippen molar-refractivity contribution in [3.05, 3.63) is 175 Å². The van der Waals surface area contributed by atoms with Crippen molar-refractivity contribution in [2.45, 2.75) is 19.3 Å². The lowest BCUT2D eigenvalue weighted by molar-refractivity contribution is 0.359. The number of aromatic nitrogens is 3. The molecule has 0 unspecified atom stereocenters. The van der Waals surface area contributed by atoms with E-state index in [1.54, 1.807) is 0 Å². The van der Waals surface area contributed by atoms with Gasteiger partial charge in [-0.05, 0) is 74.8 Å². The van der Waals surface area contributed by atoms with E-state index in [2.05, 4.69) is 147 Å². The monoisotopic (exact) mass is 683 g/mol. The highest BCUT2D eigenvalue weighted by Gasteiger charge is 2.37. The van der Waals surface area contributed by atoms with Crippen molar-refractivity contribution in [2.24, 2.45) is 0 Å². The van der Waals surface area contributed by atoms with E-state index >= 15 is 0 Å². The molecule has 0 amide bonds. The Labute approximate surface area is 308 Å². The summed E-state index contributed by atoms with van der Waals surface area (Å²) in [6.45, 7) is 4.53. The van der Waals surface area contributed by atoms with Crippen LogP contribution < -0.4 is 9.47 Å². The Kier molecular flexibility index (Phi) is 7.08. The summed E-state index contributed by atoms with van der Waals surface area (Å²) in [5, 5.41) is 0. The first-order valence-electron chi connectivity index (χ1n) is 17.8. The van der Waals surface area contributed by atoms with Gasteiger partial charge in [0.1, 0.15) is 0 Å². The first-order chi connectivity index (χ1) is 26.0. The smallest absolute Gasteiger partial charge is 0.170 e. The van der Waals surface area contributed by atoms with Gasteiger partial charge in [0, 0.05) is 22.1 Å². The first kappa shape index (κ1) is 30.9. The van der Waals surface area contributed by atoms with Crippen LogP contribution in [0.2, 0.25) is 0 Å². The number of nitrogens with zero attached hydrogens (tertiary/aromatic N) is 3. The zero-order valence-electron chi connectivity index (χ0n) is 29.2. The third-order valence-corrected chi connectivity index (χ3v) is 10.4. The fourth-order valence-electron chi connectivity index (χ4n) is 7.56. The van der Waals surface area contributed by atoms with Crippen molar-refractivity contribution in [3.8, 4) is 90.5 Å². The topological polar surface area (TPSA) is 57.1 Å². The summed E-state index contributed by atoms with van der Waals surface area (Å²) in [6.07, 6.45) is 0. The van der Waals surface area contributed by atoms with E-state index in [4.69, 9.17) is 24.4 Å². The van der Waals surface area contributed by atoms with Gasteiger partial charge in [-0.15, -0.1) is 0 Å². The van der Waals surface area contributed by atoms with Crippen LogP contribution in [0.25, 0.3) is 67.5 Å². The number of ether oxygens (including phenoxy) is 2. The van der Waals surface area contributed by atoms with Gasteiger partial charge in [-0.25, -0.2) is 15.0 Å². The molecule has 0 radical (unpaired) electrons.